The average Bonchev–Trinajstić information content (AvgIpc) is 2.29. The first kappa shape index (κ1) is 11.9. The molecule has 2 heterocycles. The standard InChI is InChI=1S/C13H19N3O/c1-9-7-13(14)15-8-11(9)12-5-3-4-6-16(12)10(2)17/h7-8,12H,3-6H2,1-2H3,(H2,14,15). The molecule has 0 aliphatic carbocycles. The summed E-state index contributed by atoms with van der Waals surface area (Å²) in [6.45, 7) is 4.52. The Morgan fingerprint density at radius 3 is 2.94 bits per heavy atom. The Balaban J connectivity index is 2.32. The molecule has 1 amide bonds. The van der Waals surface area contributed by atoms with Gasteiger partial charge >= 0.3 is 0 Å². The zero-order valence-electron chi connectivity index (χ0n) is 10.4. The topological polar surface area (TPSA) is 59.2 Å². The van der Waals surface area contributed by atoms with Crippen molar-refractivity contribution in [2.45, 2.75) is 39.2 Å². The lowest BCUT2D eigenvalue weighted by molar-refractivity contribution is -0.132. The van der Waals surface area contributed by atoms with Crippen LogP contribution in [0.2, 0.25) is 0 Å². The SMILES string of the molecule is CC(=O)N1CCCCC1c1cnc(N)cc1C. The third-order valence-corrected chi connectivity index (χ3v) is 3.44. The first-order valence-electron chi connectivity index (χ1n) is 6.09. The van der Waals surface area contributed by atoms with E-state index in [4.69, 9.17) is 5.73 Å². The fourth-order valence-electron chi connectivity index (χ4n) is 2.57. The number of amides is 1. The molecule has 0 radical (unpaired) electrons. The summed E-state index contributed by atoms with van der Waals surface area (Å²) in [4.78, 5) is 17.7. The van der Waals surface area contributed by atoms with Gasteiger partial charge in [-0.2, -0.15) is 0 Å². The van der Waals surface area contributed by atoms with E-state index in [1.54, 1.807) is 6.92 Å². The number of nitrogens with zero attached hydrogens (tertiary/aromatic N) is 2. The van der Waals surface area contributed by atoms with Crippen LogP contribution < -0.4 is 5.73 Å². The molecule has 2 rings (SSSR count). The van der Waals surface area contributed by atoms with Crippen molar-refractivity contribution >= 4 is 11.7 Å². The number of pyridine rings is 1. The van der Waals surface area contributed by atoms with Crippen molar-refractivity contribution in [1.29, 1.82) is 0 Å². The molecule has 2 N–H and O–H groups in total. The van der Waals surface area contributed by atoms with Crippen LogP contribution in [0.25, 0.3) is 0 Å². The van der Waals surface area contributed by atoms with Gasteiger partial charge in [-0.05, 0) is 43.4 Å². The number of aromatic nitrogens is 1. The van der Waals surface area contributed by atoms with Crippen LogP contribution in [0.15, 0.2) is 12.3 Å². The average molecular weight is 233 g/mol. The summed E-state index contributed by atoms with van der Waals surface area (Å²) >= 11 is 0. The second-order valence-electron chi connectivity index (χ2n) is 4.69. The Kier molecular flexibility index (Phi) is 3.31. The molecule has 1 aliphatic rings. The van der Waals surface area contributed by atoms with Crippen LogP contribution in [0.5, 0.6) is 0 Å². The lowest BCUT2D eigenvalue weighted by Gasteiger charge is -2.36. The third kappa shape index (κ3) is 2.40. The Bertz CT molecular complexity index is 431. The number of hydrogen-bond acceptors (Lipinski definition) is 3. The van der Waals surface area contributed by atoms with Crippen molar-refractivity contribution in [3.05, 3.63) is 23.4 Å². The van der Waals surface area contributed by atoms with Gasteiger partial charge in [-0.1, -0.05) is 0 Å². The summed E-state index contributed by atoms with van der Waals surface area (Å²) < 4.78 is 0. The van der Waals surface area contributed by atoms with Gasteiger partial charge < -0.3 is 10.6 Å². The Hall–Kier alpha value is -1.58. The van der Waals surface area contributed by atoms with Crippen LogP contribution in [0.3, 0.4) is 0 Å². The van der Waals surface area contributed by atoms with Gasteiger partial charge in [0.1, 0.15) is 5.82 Å². The van der Waals surface area contributed by atoms with Crippen LogP contribution in [-0.2, 0) is 4.79 Å². The van der Waals surface area contributed by atoms with Crippen molar-refractivity contribution in [2.75, 3.05) is 12.3 Å². The van der Waals surface area contributed by atoms with E-state index >= 15 is 0 Å². The fraction of sp³-hybridized carbons (Fsp3) is 0.538. The monoisotopic (exact) mass is 233 g/mol. The van der Waals surface area contributed by atoms with Gasteiger partial charge in [-0.15, -0.1) is 0 Å². The number of aryl methyl sites for hydroxylation is 1. The fourth-order valence-corrected chi connectivity index (χ4v) is 2.57. The van der Waals surface area contributed by atoms with Crippen molar-refractivity contribution in [1.82, 2.24) is 9.88 Å². The van der Waals surface area contributed by atoms with Gasteiger partial charge in [0.2, 0.25) is 5.91 Å². The van der Waals surface area contributed by atoms with E-state index in [0.717, 1.165) is 36.9 Å². The van der Waals surface area contributed by atoms with Crippen molar-refractivity contribution in [3.8, 4) is 0 Å². The molecule has 0 bridgehead atoms. The normalized spacial score (nSPS) is 20.4. The van der Waals surface area contributed by atoms with Crippen LogP contribution >= 0.6 is 0 Å². The van der Waals surface area contributed by atoms with Gasteiger partial charge in [-0.25, -0.2) is 4.98 Å². The second kappa shape index (κ2) is 4.73. The van der Waals surface area contributed by atoms with E-state index in [2.05, 4.69) is 4.98 Å². The summed E-state index contributed by atoms with van der Waals surface area (Å²) in [5.41, 5.74) is 7.91. The number of nitrogens with two attached hydrogens (primary N) is 1. The first-order chi connectivity index (χ1) is 8.09. The Morgan fingerprint density at radius 2 is 2.29 bits per heavy atom. The summed E-state index contributed by atoms with van der Waals surface area (Å²) in [6.07, 6.45) is 5.10. The zero-order chi connectivity index (χ0) is 12.4. The van der Waals surface area contributed by atoms with Crippen molar-refractivity contribution in [3.63, 3.8) is 0 Å². The summed E-state index contributed by atoms with van der Waals surface area (Å²) in [6, 6.07) is 2.05. The highest BCUT2D eigenvalue weighted by Gasteiger charge is 2.27. The predicted molar refractivity (Wildman–Crippen MR) is 67.4 cm³/mol. The molecule has 0 aromatic carbocycles. The molecule has 0 spiro atoms. The molecule has 17 heavy (non-hydrogen) atoms. The zero-order valence-corrected chi connectivity index (χ0v) is 10.4. The van der Waals surface area contributed by atoms with Crippen LogP contribution in [-0.4, -0.2) is 22.3 Å². The summed E-state index contributed by atoms with van der Waals surface area (Å²) in [5, 5.41) is 0. The quantitative estimate of drug-likeness (QED) is 0.807. The molecule has 1 aliphatic heterocycles. The van der Waals surface area contributed by atoms with Gasteiger partial charge in [0.25, 0.3) is 0 Å². The second-order valence-corrected chi connectivity index (χ2v) is 4.69. The Morgan fingerprint density at radius 1 is 1.53 bits per heavy atom. The number of hydrogen-bond donors (Lipinski definition) is 1. The predicted octanol–water partition coefficient (Wildman–Crippen LogP) is 2.05. The number of carbonyl (C=O) groups is 1. The minimum absolute atomic E-state index is 0.144. The van der Waals surface area contributed by atoms with E-state index in [-0.39, 0.29) is 11.9 Å². The highest BCUT2D eigenvalue weighted by Crippen LogP contribution is 2.32. The van der Waals surface area contributed by atoms with E-state index in [0.29, 0.717) is 5.82 Å². The highest BCUT2D eigenvalue weighted by molar-refractivity contribution is 5.74. The number of nitrogen functional groups attached to an aromatic ring is 1. The van der Waals surface area contributed by atoms with Crippen LogP contribution in [0.1, 0.15) is 43.4 Å². The molecule has 4 nitrogen and oxygen atoms in total. The minimum atomic E-state index is 0.144. The van der Waals surface area contributed by atoms with E-state index in [9.17, 15) is 4.79 Å². The first-order valence-corrected chi connectivity index (χ1v) is 6.09. The number of rotatable bonds is 1. The molecule has 1 saturated heterocycles. The van der Waals surface area contributed by atoms with E-state index < -0.39 is 0 Å². The maximum absolute atomic E-state index is 11.6. The number of anilines is 1. The largest absolute Gasteiger partial charge is 0.384 e. The van der Waals surface area contributed by atoms with Gasteiger partial charge in [0, 0.05) is 19.7 Å². The smallest absolute Gasteiger partial charge is 0.219 e. The lowest BCUT2D eigenvalue weighted by atomic mass is 9.93. The van der Waals surface area contributed by atoms with Crippen molar-refractivity contribution < 1.29 is 4.79 Å². The molecule has 1 atom stereocenters. The molecule has 0 saturated carbocycles. The van der Waals surface area contributed by atoms with E-state index in [1.165, 1.54) is 0 Å². The number of likely N-dealkylation sites (tertiary alicyclic amines) is 1. The Labute approximate surface area is 102 Å². The molecular weight excluding hydrogens is 214 g/mol. The molecule has 1 aromatic heterocycles. The maximum Gasteiger partial charge on any atom is 0.219 e. The van der Waals surface area contributed by atoms with Crippen LogP contribution in [0.4, 0.5) is 5.82 Å². The van der Waals surface area contributed by atoms with Gasteiger partial charge in [0.15, 0.2) is 0 Å². The minimum Gasteiger partial charge on any atom is -0.384 e. The molecule has 1 aromatic rings. The third-order valence-electron chi connectivity index (χ3n) is 3.44. The van der Waals surface area contributed by atoms with Gasteiger partial charge in [-0.3, -0.25) is 4.79 Å². The summed E-state index contributed by atoms with van der Waals surface area (Å²) in [5.74, 6) is 0.683. The summed E-state index contributed by atoms with van der Waals surface area (Å²) in [7, 11) is 0. The molecule has 92 valence electrons. The molecule has 4 heteroatoms. The number of piperidine rings is 1. The highest BCUT2D eigenvalue weighted by atomic mass is 16.2. The van der Waals surface area contributed by atoms with Crippen molar-refractivity contribution in [2.24, 2.45) is 0 Å². The van der Waals surface area contributed by atoms with E-state index in [1.807, 2.05) is 24.1 Å². The van der Waals surface area contributed by atoms with Crippen LogP contribution in [0, 0.1) is 6.92 Å². The molecule has 1 fully saturated rings. The molecular formula is C13H19N3O. The maximum atomic E-state index is 11.6. The lowest BCUT2D eigenvalue weighted by Crippen LogP contribution is -2.37. The van der Waals surface area contributed by atoms with Gasteiger partial charge in [0.05, 0.1) is 6.04 Å². The molecule has 1 unspecified atom stereocenters. The number of carbonyl (C=O) groups excluding carboxylic acids is 1.